The summed E-state index contributed by atoms with van der Waals surface area (Å²) in [6.45, 7) is -2.94. The highest BCUT2D eigenvalue weighted by atomic mass is 35.5. The van der Waals surface area contributed by atoms with Crippen LogP contribution < -0.4 is 10.1 Å². The summed E-state index contributed by atoms with van der Waals surface area (Å²) >= 11 is 31.2. The van der Waals surface area contributed by atoms with Crippen LogP contribution in [0.25, 0.3) is 0 Å². The van der Waals surface area contributed by atoms with E-state index < -0.39 is 28.7 Å². The topological polar surface area (TPSA) is 55.4 Å². The number of ketones is 1. The Balaban J connectivity index is 1.46. The molecule has 0 bridgehead atoms. The minimum atomic E-state index is -2.94. The van der Waals surface area contributed by atoms with E-state index in [-0.39, 0.29) is 28.5 Å². The van der Waals surface area contributed by atoms with Crippen molar-refractivity contribution in [3.8, 4) is 5.75 Å². The van der Waals surface area contributed by atoms with Crippen molar-refractivity contribution in [1.29, 1.82) is 0 Å². The van der Waals surface area contributed by atoms with Crippen LogP contribution in [0, 0.1) is 5.92 Å². The highest BCUT2D eigenvalue weighted by Gasteiger charge is 2.67. The summed E-state index contributed by atoms with van der Waals surface area (Å²) in [5.74, 6) is -2.10. The first-order chi connectivity index (χ1) is 17.0. The molecule has 2 atom stereocenters. The minimum absolute atomic E-state index is 0.0166. The van der Waals surface area contributed by atoms with Crippen molar-refractivity contribution in [1.82, 2.24) is 0 Å². The van der Waals surface area contributed by atoms with Crippen molar-refractivity contribution in [2.45, 2.75) is 23.3 Å². The molecular formula is C25H16Cl5F2NO3. The SMILES string of the molecule is O=C(Cc1ccc(OC(F)F)cc1)c1cc(NC(=O)C2C(c3cc(Cl)cc(Cl)c3)C2(Cl)Cl)ccc1Cl. The molecule has 1 amide bonds. The van der Waals surface area contributed by atoms with Gasteiger partial charge in [0.2, 0.25) is 5.91 Å². The molecule has 36 heavy (non-hydrogen) atoms. The smallest absolute Gasteiger partial charge is 0.387 e. The van der Waals surface area contributed by atoms with Crippen LogP contribution in [0.3, 0.4) is 0 Å². The van der Waals surface area contributed by atoms with E-state index in [4.69, 9.17) is 58.0 Å². The van der Waals surface area contributed by atoms with Crippen molar-refractivity contribution in [3.05, 3.63) is 92.4 Å². The van der Waals surface area contributed by atoms with Crippen molar-refractivity contribution in [3.63, 3.8) is 0 Å². The molecule has 188 valence electrons. The third-order valence-electron chi connectivity index (χ3n) is 5.63. The molecule has 11 heteroatoms. The number of anilines is 1. The zero-order valence-corrected chi connectivity index (χ0v) is 21.9. The standard InChI is InChI=1S/C25H16Cl5F2NO3/c26-14-8-13(9-15(27)10-14)21-22(25(21,29)30)23(35)33-16-3-6-19(28)18(11-16)20(34)7-12-1-4-17(5-2-12)36-24(31)32/h1-6,8-11,21-22,24H,7H2,(H,33,35). The molecule has 1 aliphatic carbocycles. The van der Waals surface area contributed by atoms with Gasteiger partial charge in [-0.1, -0.05) is 46.9 Å². The van der Waals surface area contributed by atoms with Crippen LogP contribution in [0.4, 0.5) is 14.5 Å². The summed E-state index contributed by atoms with van der Waals surface area (Å²) in [6.07, 6.45) is -0.0429. The molecule has 0 heterocycles. The van der Waals surface area contributed by atoms with E-state index >= 15 is 0 Å². The highest BCUT2D eigenvalue weighted by molar-refractivity contribution is 6.53. The maximum atomic E-state index is 13.0. The predicted molar refractivity (Wildman–Crippen MR) is 138 cm³/mol. The van der Waals surface area contributed by atoms with Gasteiger partial charge in [-0.15, -0.1) is 23.2 Å². The van der Waals surface area contributed by atoms with Gasteiger partial charge in [0.1, 0.15) is 10.1 Å². The maximum Gasteiger partial charge on any atom is 0.387 e. The molecule has 1 N–H and O–H groups in total. The number of amides is 1. The molecule has 1 fully saturated rings. The van der Waals surface area contributed by atoms with Crippen LogP contribution in [0.2, 0.25) is 15.1 Å². The lowest BCUT2D eigenvalue weighted by Crippen LogP contribution is -2.17. The molecule has 0 aliphatic heterocycles. The van der Waals surface area contributed by atoms with Crippen molar-refractivity contribution in [2.75, 3.05) is 5.32 Å². The largest absolute Gasteiger partial charge is 0.435 e. The summed E-state index contributed by atoms with van der Waals surface area (Å²) in [5.41, 5.74) is 1.71. The Hall–Kier alpha value is -2.09. The molecule has 0 radical (unpaired) electrons. The molecular weight excluding hydrogens is 578 g/mol. The Morgan fingerprint density at radius 1 is 0.944 bits per heavy atom. The van der Waals surface area contributed by atoms with Gasteiger partial charge in [-0.3, -0.25) is 9.59 Å². The van der Waals surface area contributed by atoms with Gasteiger partial charge < -0.3 is 10.1 Å². The van der Waals surface area contributed by atoms with Gasteiger partial charge in [0, 0.05) is 33.6 Å². The number of Topliss-reactive ketones (excluding diaryl/α,β-unsaturated/α-hetero) is 1. The number of hydrogen-bond acceptors (Lipinski definition) is 3. The lowest BCUT2D eigenvalue weighted by atomic mass is 10.0. The van der Waals surface area contributed by atoms with Crippen molar-refractivity contribution in [2.24, 2.45) is 5.92 Å². The fraction of sp³-hybridized carbons (Fsp3) is 0.200. The second-order valence-electron chi connectivity index (χ2n) is 8.14. The first kappa shape index (κ1) is 27.0. The number of rotatable bonds is 8. The Labute approximate surface area is 230 Å². The van der Waals surface area contributed by atoms with Gasteiger partial charge in [-0.25, -0.2) is 0 Å². The Morgan fingerprint density at radius 2 is 1.58 bits per heavy atom. The molecule has 1 saturated carbocycles. The van der Waals surface area contributed by atoms with E-state index in [0.29, 0.717) is 26.9 Å². The monoisotopic (exact) mass is 591 g/mol. The van der Waals surface area contributed by atoms with Crippen LogP contribution >= 0.6 is 58.0 Å². The molecule has 2 unspecified atom stereocenters. The van der Waals surface area contributed by atoms with Crippen LogP contribution in [0.1, 0.15) is 27.4 Å². The molecule has 0 spiro atoms. The summed E-state index contributed by atoms with van der Waals surface area (Å²) in [7, 11) is 0. The Morgan fingerprint density at radius 3 is 2.19 bits per heavy atom. The number of carbonyl (C=O) groups is 2. The second kappa shape index (κ2) is 10.7. The fourth-order valence-electron chi connectivity index (χ4n) is 3.93. The van der Waals surface area contributed by atoms with E-state index in [1.165, 1.54) is 36.4 Å². The first-order valence-electron chi connectivity index (χ1n) is 10.5. The van der Waals surface area contributed by atoms with Crippen LogP contribution in [0.5, 0.6) is 5.75 Å². The van der Waals surface area contributed by atoms with Crippen LogP contribution in [-0.2, 0) is 11.2 Å². The van der Waals surface area contributed by atoms with Gasteiger partial charge in [0.25, 0.3) is 0 Å². The van der Waals surface area contributed by atoms with E-state index in [0.717, 1.165) is 0 Å². The lowest BCUT2D eigenvalue weighted by Gasteiger charge is -2.10. The summed E-state index contributed by atoms with van der Waals surface area (Å²) in [5, 5.41) is 3.71. The Kier molecular flexibility index (Phi) is 8.03. The minimum Gasteiger partial charge on any atom is -0.435 e. The number of ether oxygens (including phenoxy) is 1. The number of carbonyl (C=O) groups excluding carboxylic acids is 2. The van der Waals surface area contributed by atoms with Crippen molar-refractivity contribution < 1.29 is 23.1 Å². The van der Waals surface area contributed by atoms with Crippen LogP contribution in [-0.4, -0.2) is 22.6 Å². The molecule has 0 aromatic heterocycles. The van der Waals surface area contributed by atoms with Crippen molar-refractivity contribution >= 4 is 75.4 Å². The predicted octanol–water partition coefficient (Wildman–Crippen LogP) is 8.20. The molecule has 3 aromatic carbocycles. The fourth-order valence-corrected chi connectivity index (χ4v) is 5.52. The second-order valence-corrected chi connectivity index (χ2v) is 10.9. The van der Waals surface area contributed by atoms with E-state index in [9.17, 15) is 18.4 Å². The number of nitrogens with one attached hydrogen (secondary N) is 1. The molecule has 4 nitrogen and oxygen atoms in total. The van der Waals surface area contributed by atoms with E-state index in [2.05, 4.69) is 10.1 Å². The average molecular weight is 594 g/mol. The zero-order chi connectivity index (χ0) is 26.2. The van der Waals surface area contributed by atoms with E-state index in [1.807, 2.05) is 0 Å². The number of alkyl halides is 4. The molecule has 1 aliphatic rings. The van der Waals surface area contributed by atoms with Gasteiger partial charge >= 0.3 is 6.61 Å². The van der Waals surface area contributed by atoms with Gasteiger partial charge in [0.15, 0.2) is 5.78 Å². The quantitative estimate of drug-likeness (QED) is 0.212. The number of benzene rings is 3. The molecule has 4 rings (SSSR count). The average Bonchev–Trinajstić information content (AvgIpc) is 3.37. The zero-order valence-electron chi connectivity index (χ0n) is 18.1. The molecule has 0 saturated heterocycles. The normalized spacial score (nSPS) is 18.1. The maximum absolute atomic E-state index is 13.0. The summed E-state index contributed by atoms with van der Waals surface area (Å²) in [6, 6.07) is 15.0. The lowest BCUT2D eigenvalue weighted by molar-refractivity contribution is -0.117. The molecule has 3 aromatic rings. The van der Waals surface area contributed by atoms with E-state index in [1.54, 1.807) is 24.3 Å². The first-order valence-corrected chi connectivity index (χ1v) is 12.4. The summed E-state index contributed by atoms with van der Waals surface area (Å²) in [4.78, 5) is 25.9. The van der Waals surface area contributed by atoms with Gasteiger partial charge in [-0.2, -0.15) is 8.78 Å². The highest BCUT2D eigenvalue weighted by Crippen LogP contribution is 2.65. The van der Waals surface area contributed by atoms with Gasteiger partial charge in [-0.05, 0) is 59.7 Å². The van der Waals surface area contributed by atoms with Gasteiger partial charge in [0.05, 0.1) is 10.9 Å². The number of hydrogen-bond donors (Lipinski definition) is 1. The van der Waals surface area contributed by atoms with Crippen LogP contribution in [0.15, 0.2) is 60.7 Å². The number of halogens is 7. The summed E-state index contributed by atoms with van der Waals surface area (Å²) < 4.78 is 27.6. The Bertz CT molecular complexity index is 1300. The third-order valence-corrected chi connectivity index (χ3v) is 7.33. The third kappa shape index (κ3) is 6.06.